The van der Waals surface area contributed by atoms with Crippen molar-refractivity contribution in [2.24, 2.45) is 0 Å². The molecule has 1 aliphatic heterocycles. The van der Waals surface area contributed by atoms with Gasteiger partial charge in [-0.05, 0) is 12.1 Å². The Morgan fingerprint density at radius 1 is 1.36 bits per heavy atom. The van der Waals surface area contributed by atoms with E-state index in [4.69, 9.17) is 14.6 Å². The number of rotatable bonds is 1. The molecule has 1 aliphatic rings. The van der Waals surface area contributed by atoms with Gasteiger partial charge in [-0.3, -0.25) is 0 Å². The number of carboxylic acid groups (broad SMARTS) is 1. The molecule has 0 unspecified atom stereocenters. The minimum atomic E-state index is -0.976. The predicted octanol–water partition coefficient (Wildman–Crippen LogP) is 1.76. The van der Waals surface area contributed by atoms with Gasteiger partial charge in [0, 0.05) is 5.56 Å². The smallest absolute Gasteiger partial charge is 0.336 e. The molecule has 0 atom stereocenters. The summed E-state index contributed by atoms with van der Waals surface area (Å²) < 4.78 is 10.2. The zero-order chi connectivity index (χ0) is 9.97. The van der Waals surface area contributed by atoms with E-state index in [1.807, 2.05) is 0 Å². The number of hydrogen-bond acceptors (Lipinski definition) is 3. The van der Waals surface area contributed by atoms with Crippen LogP contribution in [0.4, 0.5) is 0 Å². The van der Waals surface area contributed by atoms with E-state index in [-0.39, 0.29) is 12.2 Å². The molecule has 0 saturated carbocycles. The van der Waals surface area contributed by atoms with Gasteiger partial charge < -0.3 is 14.6 Å². The molecule has 0 radical (unpaired) electrons. The van der Waals surface area contributed by atoms with Crippen LogP contribution in [0.3, 0.4) is 0 Å². The highest BCUT2D eigenvalue weighted by atomic mass is 16.5. The molecule has 0 bridgehead atoms. The second kappa shape index (κ2) is 3.41. The number of carboxylic acids is 1. The number of carbonyl (C=O) groups is 1. The van der Waals surface area contributed by atoms with Gasteiger partial charge in [-0.1, -0.05) is 6.07 Å². The maximum atomic E-state index is 10.9. The first-order valence-electron chi connectivity index (χ1n) is 4.07. The van der Waals surface area contributed by atoms with Crippen molar-refractivity contribution in [1.29, 1.82) is 0 Å². The molecule has 4 heteroatoms. The zero-order valence-corrected chi connectivity index (χ0v) is 7.27. The fourth-order valence-corrected chi connectivity index (χ4v) is 1.30. The van der Waals surface area contributed by atoms with Crippen LogP contribution < -0.4 is 4.74 Å². The van der Waals surface area contributed by atoms with Gasteiger partial charge >= 0.3 is 5.97 Å². The summed E-state index contributed by atoms with van der Waals surface area (Å²) in [6.07, 6.45) is 2.78. The van der Waals surface area contributed by atoms with Crippen LogP contribution in [0.2, 0.25) is 0 Å². The third-order valence-corrected chi connectivity index (χ3v) is 1.94. The van der Waals surface area contributed by atoms with Crippen molar-refractivity contribution in [2.75, 3.05) is 0 Å². The van der Waals surface area contributed by atoms with Gasteiger partial charge in [0.05, 0.1) is 5.56 Å². The summed E-state index contributed by atoms with van der Waals surface area (Å²) >= 11 is 0. The van der Waals surface area contributed by atoms with Crippen molar-refractivity contribution in [2.45, 2.75) is 6.61 Å². The minimum absolute atomic E-state index is 0.214. The van der Waals surface area contributed by atoms with E-state index in [9.17, 15) is 4.79 Å². The van der Waals surface area contributed by atoms with E-state index in [2.05, 4.69) is 0 Å². The Bertz CT molecular complexity index is 395. The van der Waals surface area contributed by atoms with Crippen molar-refractivity contribution in [3.05, 3.63) is 41.9 Å². The topological polar surface area (TPSA) is 55.8 Å². The maximum Gasteiger partial charge on any atom is 0.336 e. The first kappa shape index (κ1) is 8.62. The van der Waals surface area contributed by atoms with E-state index in [1.165, 1.54) is 18.6 Å². The molecule has 0 spiro atoms. The van der Waals surface area contributed by atoms with E-state index < -0.39 is 5.97 Å². The highest BCUT2D eigenvalue weighted by Gasteiger charge is 2.15. The molecule has 1 aromatic rings. The maximum absolute atomic E-state index is 10.9. The molecule has 0 saturated heterocycles. The molecule has 0 fully saturated rings. The van der Waals surface area contributed by atoms with Gasteiger partial charge in [0.2, 0.25) is 0 Å². The highest BCUT2D eigenvalue weighted by Crippen LogP contribution is 2.25. The molecule has 1 heterocycles. The van der Waals surface area contributed by atoms with E-state index in [1.54, 1.807) is 12.1 Å². The number of fused-ring (bicyclic) bond motifs is 1. The zero-order valence-electron chi connectivity index (χ0n) is 7.27. The van der Waals surface area contributed by atoms with Gasteiger partial charge in [-0.15, -0.1) is 0 Å². The number of aromatic carboxylic acids is 1. The largest absolute Gasteiger partial charge is 0.493 e. The molecule has 14 heavy (non-hydrogen) atoms. The lowest BCUT2D eigenvalue weighted by Crippen LogP contribution is -2.03. The SMILES string of the molecule is O=C(O)c1cccc2c1COC=CO2. The molecular formula is C10H8O4. The molecular weight excluding hydrogens is 184 g/mol. The Morgan fingerprint density at radius 2 is 2.21 bits per heavy atom. The summed E-state index contributed by atoms with van der Waals surface area (Å²) in [6.45, 7) is 0.217. The van der Waals surface area contributed by atoms with E-state index >= 15 is 0 Å². The molecule has 2 rings (SSSR count). The standard InChI is InChI=1S/C10H8O4/c11-10(12)7-2-1-3-9-8(7)6-13-4-5-14-9/h1-5H,6H2,(H,11,12). The van der Waals surface area contributed by atoms with Crippen molar-refractivity contribution in [1.82, 2.24) is 0 Å². The average Bonchev–Trinajstić information content (AvgIpc) is 2.41. The van der Waals surface area contributed by atoms with Crippen LogP contribution in [0.1, 0.15) is 15.9 Å². The van der Waals surface area contributed by atoms with Gasteiger partial charge in [0.1, 0.15) is 24.9 Å². The van der Waals surface area contributed by atoms with Crippen molar-refractivity contribution in [3.63, 3.8) is 0 Å². The van der Waals surface area contributed by atoms with Crippen molar-refractivity contribution >= 4 is 5.97 Å². The van der Waals surface area contributed by atoms with Crippen LogP contribution in [-0.2, 0) is 11.3 Å². The molecule has 0 amide bonds. The van der Waals surface area contributed by atoms with Crippen LogP contribution in [0.15, 0.2) is 30.7 Å². The quantitative estimate of drug-likeness (QED) is 0.736. The summed E-state index contributed by atoms with van der Waals surface area (Å²) in [4.78, 5) is 10.9. The summed E-state index contributed by atoms with van der Waals surface area (Å²) in [5.74, 6) is -0.449. The average molecular weight is 192 g/mol. The second-order valence-electron chi connectivity index (χ2n) is 2.79. The fourth-order valence-electron chi connectivity index (χ4n) is 1.30. The molecule has 0 aliphatic carbocycles. The van der Waals surface area contributed by atoms with Crippen LogP contribution in [0, 0.1) is 0 Å². The Balaban J connectivity index is 2.51. The lowest BCUT2D eigenvalue weighted by molar-refractivity contribution is 0.0693. The van der Waals surface area contributed by atoms with E-state index in [0.29, 0.717) is 11.3 Å². The molecule has 72 valence electrons. The number of hydrogen-bond donors (Lipinski definition) is 1. The normalized spacial score (nSPS) is 13.4. The monoisotopic (exact) mass is 192 g/mol. The Hall–Kier alpha value is -1.97. The Morgan fingerprint density at radius 3 is 3.00 bits per heavy atom. The predicted molar refractivity (Wildman–Crippen MR) is 48.0 cm³/mol. The van der Waals surface area contributed by atoms with Crippen LogP contribution >= 0.6 is 0 Å². The van der Waals surface area contributed by atoms with Crippen molar-refractivity contribution in [3.8, 4) is 5.75 Å². The first-order valence-corrected chi connectivity index (χ1v) is 4.07. The summed E-state index contributed by atoms with van der Waals surface area (Å²) in [5.41, 5.74) is 0.774. The fraction of sp³-hybridized carbons (Fsp3) is 0.100. The number of benzene rings is 1. The van der Waals surface area contributed by atoms with E-state index in [0.717, 1.165) is 0 Å². The lowest BCUT2D eigenvalue weighted by atomic mass is 10.1. The first-order chi connectivity index (χ1) is 6.79. The second-order valence-corrected chi connectivity index (χ2v) is 2.79. The Labute approximate surface area is 80.4 Å². The minimum Gasteiger partial charge on any atom is -0.493 e. The molecule has 4 nitrogen and oxygen atoms in total. The summed E-state index contributed by atoms with van der Waals surface area (Å²) in [7, 11) is 0. The Kier molecular flexibility index (Phi) is 2.10. The van der Waals surface area contributed by atoms with Gasteiger partial charge in [-0.25, -0.2) is 4.79 Å². The lowest BCUT2D eigenvalue weighted by Gasteiger charge is -2.07. The summed E-state index contributed by atoms with van der Waals surface area (Å²) in [6, 6.07) is 4.88. The third-order valence-electron chi connectivity index (χ3n) is 1.94. The van der Waals surface area contributed by atoms with Gasteiger partial charge in [0.15, 0.2) is 0 Å². The number of ether oxygens (including phenoxy) is 2. The van der Waals surface area contributed by atoms with Crippen LogP contribution in [0.5, 0.6) is 5.75 Å². The van der Waals surface area contributed by atoms with Gasteiger partial charge in [0.25, 0.3) is 0 Å². The van der Waals surface area contributed by atoms with Crippen LogP contribution in [-0.4, -0.2) is 11.1 Å². The third kappa shape index (κ3) is 1.42. The van der Waals surface area contributed by atoms with Gasteiger partial charge in [-0.2, -0.15) is 0 Å². The molecule has 1 aromatic carbocycles. The molecule has 1 N–H and O–H groups in total. The molecule has 0 aromatic heterocycles. The van der Waals surface area contributed by atoms with Crippen molar-refractivity contribution < 1.29 is 19.4 Å². The summed E-state index contributed by atoms with van der Waals surface area (Å²) in [5, 5.41) is 8.90. The van der Waals surface area contributed by atoms with Crippen LogP contribution in [0.25, 0.3) is 0 Å². The highest BCUT2D eigenvalue weighted by molar-refractivity contribution is 5.90.